The lowest BCUT2D eigenvalue weighted by Gasteiger charge is -2.36. The summed E-state index contributed by atoms with van der Waals surface area (Å²) in [4.78, 5) is 47.8. The maximum absolute atomic E-state index is 14.2. The first kappa shape index (κ1) is 23.8. The Balaban J connectivity index is 1.31. The van der Waals surface area contributed by atoms with E-state index in [4.69, 9.17) is 0 Å². The van der Waals surface area contributed by atoms with Crippen LogP contribution < -0.4 is 10.2 Å². The molecule has 7 rings (SSSR count). The molecule has 0 bridgehead atoms. The van der Waals surface area contributed by atoms with Gasteiger partial charge in [0.2, 0.25) is 0 Å². The Morgan fingerprint density at radius 2 is 1.55 bits per heavy atom. The van der Waals surface area contributed by atoms with Crippen LogP contribution in [0.5, 0.6) is 0 Å². The fourth-order valence-corrected chi connectivity index (χ4v) is 5.87. The largest absolute Gasteiger partial charge is 0.356 e. The normalized spacial score (nSPS) is 18.1. The van der Waals surface area contributed by atoms with Crippen LogP contribution in [0.1, 0.15) is 33.2 Å². The zero-order valence-electron chi connectivity index (χ0n) is 21.2. The lowest BCUT2D eigenvalue weighted by Crippen LogP contribution is -2.44. The molecule has 8 heteroatoms. The summed E-state index contributed by atoms with van der Waals surface area (Å²) in [6.07, 6.45) is 0.355. The number of hydrogen-bond donors (Lipinski definition) is 2. The number of aromatic amines is 1. The lowest BCUT2D eigenvalue weighted by atomic mass is 9.89. The molecular formula is C32H23FN4O3. The lowest BCUT2D eigenvalue weighted by molar-refractivity contribution is -0.120. The van der Waals surface area contributed by atoms with E-state index < -0.39 is 29.8 Å². The molecule has 1 saturated heterocycles. The number of anilines is 2. The van der Waals surface area contributed by atoms with Crippen LogP contribution in [-0.2, 0) is 11.2 Å². The minimum absolute atomic E-state index is 0.161. The van der Waals surface area contributed by atoms with E-state index in [1.165, 1.54) is 24.3 Å². The van der Waals surface area contributed by atoms with Crippen LogP contribution in [0.25, 0.3) is 10.9 Å². The van der Waals surface area contributed by atoms with Gasteiger partial charge in [-0.2, -0.15) is 0 Å². The molecule has 0 radical (unpaired) electrons. The second-order valence-electron chi connectivity index (χ2n) is 9.94. The number of para-hydroxylation sites is 2. The fraction of sp³-hybridized carbons (Fsp3) is 0.0938. The van der Waals surface area contributed by atoms with Gasteiger partial charge < -0.3 is 10.3 Å². The first-order valence-corrected chi connectivity index (χ1v) is 13.0. The van der Waals surface area contributed by atoms with Gasteiger partial charge in [-0.25, -0.2) is 14.1 Å². The summed E-state index contributed by atoms with van der Waals surface area (Å²) in [7, 11) is 0. The number of imide groups is 1. The number of amides is 4. The average molecular weight is 531 g/mol. The van der Waals surface area contributed by atoms with E-state index in [1.807, 2.05) is 54.6 Å². The van der Waals surface area contributed by atoms with Gasteiger partial charge in [-0.05, 0) is 53.6 Å². The van der Waals surface area contributed by atoms with Crippen molar-refractivity contribution in [3.05, 3.63) is 131 Å². The van der Waals surface area contributed by atoms with Crippen LogP contribution in [0.15, 0.2) is 103 Å². The maximum Gasteiger partial charge on any atom is 0.332 e. The Kier molecular flexibility index (Phi) is 5.48. The van der Waals surface area contributed by atoms with E-state index >= 15 is 0 Å². The summed E-state index contributed by atoms with van der Waals surface area (Å²) < 4.78 is 13.4. The van der Waals surface area contributed by atoms with Crippen molar-refractivity contribution in [3.63, 3.8) is 0 Å². The van der Waals surface area contributed by atoms with Crippen molar-refractivity contribution >= 4 is 40.1 Å². The maximum atomic E-state index is 14.2. The molecule has 0 aliphatic carbocycles. The van der Waals surface area contributed by atoms with E-state index in [2.05, 4.69) is 10.3 Å². The summed E-state index contributed by atoms with van der Waals surface area (Å²) in [5, 5.41) is 3.76. The van der Waals surface area contributed by atoms with Gasteiger partial charge in [0.25, 0.3) is 11.8 Å². The molecule has 2 aliphatic rings. The molecule has 2 atom stereocenters. The van der Waals surface area contributed by atoms with Crippen LogP contribution >= 0.6 is 0 Å². The number of carbonyl (C=O) groups is 3. The van der Waals surface area contributed by atoms with Gasteiger partial charge in [-0.3, -0.25) is 14.5 Å². The highest BCUT2D eigenvalue weighted by Crippen LogP contribution is 2.45. The van der Waals surface area contributed by atoms with Crippen molar-refractivity contribution in [2.45, 2.75) is 18.5 Å². The van der Waals surface area contributed by atoms with Gasteiger partial charge in [0.15, 0.2) is 0 Å². The van der Waals surface area contributed by atoms with Crippen LogP contribution in [0.4, 0.5) is 20.6 Å². The number of nitrogens with one attached hydrogen (secondary N) is 2. The predicted molar refractivity (Wildman–Crippen MR) is 150 cm³/mol. The molecule has 4 amide bonds. The number of H-pyrrole nitrogens is 1. The highest BCUT2D eigenvalue weighted by atomic mass is 19.1. The first-order chi connectivity index (χ1) is 19.5. The van der Waals surface area contributed by atoms with Gasteiger partial charge in [0.1, 0.15) is 17.9 Å². The molecule has 2 aliphatic heterocycles. The number of urea groups is 1. The summed E-state index contributed by atoms with van der Waals surface area (Å²) in [5.74, 6) is -1.32. The topological polar surface area (TPSA) is 85.5 Å². The molecule has 2 unspecified atom stereocenters. The number of carbonyl (C=O) groups excluding carboxylic acids is 3. The number of rotatable bonds is 4. The summed E-state index contributed by atoms with van der Waals surface area (Å²) >= 11 is 0. The standard InChI is InChI=1S/C32H23FN4O3/c33-20-14-16-21(17-15-20)34-30(38)23-11-5-7-13-26(23)37-31(39)27-18-24-22-10-4-6-12-25(22)35-28(24)29(36(27)32(37)40)19-8-2-1-3-9-19/h1-17,27,29,35H,18H2,(H,34,38). The Morgan fingerprint density at radius 1 is 0.850 bits per heavy atom. The van der Waals surface area contributed by atoms with E-state index in [9.17, 15) is 18.8 Å². The molecule has 4 aromatic carbocycles. The molecule has 7 nitrogen and oxygen atoms in total. The third-order valence-corrected chi connectivity index (χ3v) is 7.66. The Hall–Kier alpha value is -5.24. The molecule has 0 spiro atoms. The predicted octanol–water partition coefficient (Wildman–Crippen LogP) is 6.04. The van der Waals surface area contributed by atoms with Crippen molar-refractivity contribution in [1.82, 2.24) is 9.88 Å². The summed E-state index contributed by atoms with van der Waals surface area (Å²) in [6, 6.07) is 27.7. The van der Waals surface area contributed by atoms with Gasteiger partial charge in [-0.15, -0.1) is 0 Å². The Morgan fingerprint density at radius 3 is 2.35 bits per heavy atom. The fourth-order valence-electron chi connectivity index (χ4n) is 5.87. The number of hydrogen-bond acceptors (Lipinski definition) is 3. The minimum atomic E-state index is -0.738. The minimum Gasteiger partial charge on any atom is -0.356 e. The second kappa shape index (κ2) is 9.20. The molecule has 1 fully saturated rings. The summed E-state index contributed by atoms with van der Waals surface area (Å²) in [5.41, 5.74) is 4.48. The molecule has 2 N–H and O–H groups in total. The van der Waals surface area contributed by atoms with Crippen LogP contribution in [0, 0.1) is 5.82 Å². The van der Waals surface area contributed by atoms with E-state index in [0.717, 1.165) is 32.6 Å². The van der Waals surface area contributed by atoms with Gasteiger partial charge in [0.05, 0.1) is 11.3 Å². The van der Waals surface area contributed by atoms with Crippen molar-refractivity contribution in [3.8, 4) is 0 Å². The van der Waals surface area contributed by atoms with Gasteiger partial charge in [-0.1, -0.05) is 60.7 Å². The van der Waals surface area contributed by atoms with E-state index in [-0.39, 0.29) is 17.2 Å². The monoisotopic (exact) mass is 530 g/mol. The van der Waals surface area contributed by atoms with Crippen molar-refractivity contribution < 1.29 is 18.8 Å². The highest BCUT2D eigenvalue weighted by molar-refractivity contribution is 6.24. The van der Waals surface area contributed by atoms with Crippen molar-refractivity contribution in [2.24, 2.45) is 0 Å². The molecular weight excluding hydrogens is 507 g/mol. The number of fused-ring (bicyclic) bond motifs is 4. The number of nitrogens with zero attached hydrogens (tertiary/aromatic N) is 2. The van der Waals surface area contributed by atoms with Gasteiger partial charge in [0, 0.05) is 28.7 Å². The van der Waals surface area contributed by atoms with Crippen LogP contribution in [0.2, 0.25) is 0 Å². The zero-order chi connectivity index (χ0) is 27.4. The third-order valence-electron chi connectivity index (χ3n) is 7.66. The Labute approximate surface area is 228 Å². The quantitative estimate of drug-likeness (QED) is 0.278. The smallest absolute Gasteiger partial charge is 0.332 e. The first-order valence-electron chi connectivity index (χ1n) is 13.0. The average Bonchev–Trinajstić information content (AvgIpc) is 3.47. The zero-order valence-corrected chi connectivity index (χ0v) is 21.2. The molecule has 1 aromatic heterocycles. The van der Waals surface area contributed by atoms with Gasteiger partial charge >= 0.3 is 6.03 Å². The number of aromatic nitrogens is 1. The van der Waals surface area contributed by atoms with E-state index in [0.29, 0.717) is 12.1 Å². The third kappa shape index (κ3) is 3.68. The Bertz CT molecular complexity index is 1800. The van der Waals surface area contributed by atoms with E-state index in [1.54, 1.807) is 29.2 Å². The molecule has 40 heavy (non-hydrogen) atoms. The van der Waals surface area contributed by atoms with Crippen molar-refractivity contribution in [2.75, 3.05) is 10.2 Å². The second-order valence-corrected chi connectivity index (χ2v) is 9.94. The molecule has 196 valence electrons. The van der Waals surface area contributed by atoms with Crippen LogP contribution in [0.3, 0.4) is 0 Å². The number of halogens is 1. The molecule has 3 heterocycles. The highest BCUT2D eigenvalue weighted by Gasteiger charge is 2.53. The number of benzene rings is 4. The molecule has 5 aromatic rings. The van der Waals surface area contributed by atoms with Crippen LogP contribution in [-0.4, -0.2) is 33.8 Å². The SMILES string of the molecule is O=C(Nc1ccc(F)cc1)c1ccccc1N1C(=O)C2Cc3c([nH]c4ccccc34)C(c3ccccc3)N2C1=O. The van der Waals surface area contributed by atoms with Crippen molar-refractivity contribution in [1.29, 1.82) is 0 Å². The molecule has 0 saturated carbocycles. The summed E-state index contributed by atoms with van der Waals surface area (Å²) in [6.45, 7) is 0.